The molecule has 1 N–H and O–H groups in total. The minimum Gasteiger partial charge on any atom is -0.474 e. The number of piperidine rings is 1. The van der Waals surface area contributed by atoms with E-state index in [9.17, 15) is 14.4 Å². The van der Waals surface area contributed by atoms with Gasteiger partial charge in [0.25, 0.3) is 0 Å². The monoisotopic (exact) mass is 713 g/mol. The van der Waals surface area contributed by atoms with Crippen molar-refractivity contribution < 1.29 is 42.5 Å². The molecule has 0 radical (unpaired) electrons. The van der Waals surface area contributed by atoms with Crippen LogP contribution in [0.3, 0.4) is 0 Å². The van der Waals surface area contributed by atoms with Crippen LogP contribution in [-0.2, 0) is 18.9 Å². The van der Waals surface area contributed by atoms with Crippen LogP contribution in [0.25, 0.3) is 21.9 Å². The number of morpholine rings is 1. The van der Waals surface area contributed by atoms with E-state index in [0.29, 0.717) is 53.6 Å². The maximum Gasteiger partial charge on any atom is 0.415 e. The Morgan fingerprint density at radius 2 is 1.62 bits per heavy atom. The normalized spacial score (nSPS) is 20.5. The van der Waals surface area contributed by atoms with Crippen LogP contribution in [0.5, 0.6) is 5.88 Å². The molecule has 5 heterocycles. The number of benzene rings is 1. The van der Waals surface area contributed by atoms with Crippen LogP contribution >= 0.6 is 11.6 Å². The molecule has 1 aromatic carbocycles. The summed E-state index contributed by atoms with van der Waals surface area (Å²) in [5.74, 6) is -0.300. The zero-order chi connectivity index (χ0) is 36.1. The number of ether oxygens (including phenoxy) is 5. The molecule has 2 aromatic heterocycles. The Balaban J connectivity index is 1.21. The molecule has 2 atom stereocenters. The Morgan fingerprint density at radius 1 is 0.960 bits per heavy atom. The Labute approximate surface area is 294 Å². The van der Waals surface area contributed by atoms with E-state index in [1.54, 1.807) is 44.7 Å². The van der Waals surface area contributed by atoms with Crippen molar-refractivity contribution in [3.8, 4) is 17.0 Å². The third-order valence-corrected chi connectivity index (χ3v) is 8.86. The van der Waals surface area contributed by atoms with Crippen molar-refractivity contribution in [2.24, 2.45) is 0 Å². The number of nitrogens with zero attached hydrogens (tertiary/aromatic N) is 4. The maximum absolute atomic E-state index is 15.9. The van der Waals surface area contributed by atoms with Gasteiger partial charge in [-0.25, -0.2) is 28.7 Å². The first kappa shape index (κ1) is 35.4. The highest BCUT2D eigenvalue weighted by Gasteiger charge is 2.44. The van der Waals surface area contributed by atoms with E-state index in [1.807, 2.05) is 20.8 Å². The topological polar surface area (TPSA) is 142 Å². The average molecular weight is 714 g/mol. The number of carbonyl (C=O) groups excluding carboxylic acids is 3. The summed E-state index contributed by atoms with van der Waals surface area (Å²) in [5.41, 5.74) is 0.0747. The first-order valence-electron chi connectivity index (χ1n) is 16.5. The molecule has 3 aliphatic rings. The number of halogens is 2. The molecule has 50 heavy (non-hydrogen) atoms. The number of pyridine rings is 2. The van der Waals surface area contributed by atoms with E-state index in [1.165, 1.54) is 17.3 Å². The number of nitrogens with one attached hydrogen (secondary N) is 1. The van der Waals surface area contributed by atoms with Crippen molar-refractivity contribution in [2.75, 3.05) is 36.6 Å². The van der Waals surface area contributed by atoms with Gasteiger partial charge >= 0.3 is 18.3 Å². The molecule has 0 spiro atoms. The second-order valence-electron chi connectivity index (χ2n) is 14.6. The van der Waals surface area contributed by atoms with Crippen molar-refractivity contribution in [1.82, 2.24) is 14.9 Å². The molecule has 3 amide bonds. The Hall–Kier alpha value is -4.43. The third-order valence-electron chi connectivity index (χ3n) is 8.49. The predicted octanol–water partition coefficient (Wildman–Crippen LogP) is 7.25. The molecule has 2 bridgehead atoms. The number of rotatable bonds is 3. The first-order valence-corrected chi connectivity index (χ1v) is 16.8. The zero-order valence-corrected chi connectivity index (χ0v) is 29.9. The van der Waals surface area contributed by atoms with Crippen LogP contribution in [0.15, 0.2) is 24.5 Å². The van der Waals surface area contributed by atoms with Gasteiger partial charge in [0, 0.05) is 41.7 Å². The summed E-state index contributed by atoms with van der Waals surface area (Å²) in [6, 6.07) is 2.55. The highest BCUT2D eigenvalue weighted by Crippen LogP contribution is 2.42. The quantitative estimate of drug-likeness (QED) is 0.276. The van der Waals surface area contributed by atoms with E-state index in [0.717, 1.165) is 0 Å². The van der Waals surface area contributed by atoms with Gasteiger partial charge in [0.15, 0.2) is 0 Å². The fourth-order valence-electron chi connectivity index (χ4n) is 6.46. The van der Waals surface area contributed by atoms with Gasteiger partial charge in [0.05, 0.1) is 36.9 Å². The second kappa shape index (κ2) is 13.4. The van der Waals surface area contributed by atoms with Gasteiger partial charge in [-0.2, -0.15) is 0 Å². The third kappa shape index (κ3) is 7.36. The van der Waals surface area contributed by atoms with Gasteiger partial charge in [0.2, 0.25) is 5.88 Å². The van der Waals surface area contributed by atoms with Crippen LogP contribution in [-0.4, -0.2) is 88.9 Å². The molecule has 13 nitrogen and oxygen atoms in total. The average Bonchev–Trinajstić information content (AvgIpc) is 3.00. The van der Waals surface area contributed by atoms with Crippen molar-refractivity contribution in [2.45, 2.75) is 90.7 Å². The van der Waals surface area contributed by atoms with Crippen LogP contribution in [0.4, 0.5) is 30.3 Å². The Kier molecular flexibility index (Phi) is 9.46. The van der Waals surface area contributed by atoms with Gasteiger partial charge in [-0.15, -0.1) is 0 Å². The molecule has 3 aliphatic heterocycles. The van der Waals surface area contributed by atoms with Gasteiger partial charge in [-0.1, -0.05) is 11.6 Å². The molecule has 0 saturated carbocycles. The molecule has 15 heteroatoms. The first-order chi connectivity index (χ1) is 23.5. The molecule has 0 aliphatic carbocycles. The Morgan fingerprint density at radius 3 is 2.28 bits per heavy atom. The molecule has 268 valence electrons. The smallest absolute Gasteiger partial charge is 0.415 e. The van der Waals surface area contributed by atoms with Crippen LogP contribution < -0.4 is 15.0 Å². The Bertz CT molecular complexity index is 1830. The molecule has 2 unspecified atom stereocenters. The van der Waals surface area contributed by atoms with E-state index in [-0.39, 0.29) is 47.5 Å². The summed E-state index contributed by atoms with van der Waals surface area (Å²) in [7, 11) is 0. The summed E-state index contributed by atoms with van der Waals surface area (Å²) >= 11 is 6.53. The number of aromatic nitrogens is 2. The number of hydrogen-bond acceptors (Lipinski definition) is 10. The van der Waals surface area contributed by atoms with Crippen LogP contribution in [0.2, 0.25) is 5.02 Å². The lowest BCUT2D eigenvalue weighted by molar-refractivity contribution is -0.104. The van der Waals surface area contributed by atoms with Crippen molar-refractivity contribution in [3.05, 3.63) is 40.9 Å². The summed E-state index contributed by atoms with van der Waals surface area (Å²) < 4.78 is 44.2. The number of hydrogen-bond donors (Lipinski definition) is 1. The molecular formula is C35H41ClFN5O8. The van der Waals surface area contributed by atoms with E-state index in [4.69, 9.17) is 35.3 Å². The molecular weight excluding hydrogens is 673 g/mol. The second-order valence-corrected chi connectivity index (χ2v) is 15.0. The SMILES string of the molecule is Cc1c(-c2cc3cc(NC(=O)OC4CC5COCC(C4)N5C(=O)OC(C)(C)C)ncc3c(Cl)c2F)cnc2c1N(C(=O)OC(C)(C)C)CCO2. The number of carbonyl (C=O) groups is 3. The summed E-state index contributed by atoms with van der Waals surface area (Å²) in [6.45, 7) is 13.6. The van der Waals surface area contributed by atoms with Crippen LogP contribution in [0.1, 0.15) is 59.9 Å². The van der Waals surface area contributed by atoms with Gasteiger partial charge in [-0.3, -0.25) is 15.1 Å². The largest absolute Gasteiger partial charge is 0.474 e. The number of amides is 3. The zero-order valence-electron chi connectivity index (χ0n) is 29.1. The molecule has 3 aromatic rings. The highest BCUT2D eigenvalue weighted by molar-refractivity contribution is 6.36. The molecule has 2 fully saturated rings. The number of anilines is 2. The van der Waals surface area contributed by atoms with Gasteiger partial charge < -0.3 is 23.7 Å². The van der Waals surface area contributed by atoms with Gasteiger partial charge in [0.1, 0.15) is 41.2 Å². The minimum atomic E-state index is -0.730. The highest BCUT2D eigenvalue weighted by atomic mass is 35.5. The summed E-state index contributed by atoms with van der Waals surface area (Å²) in [4.78, 5) is 50.8. The molecule has 2 saturated heterocycles. The number of fused-ring (bicyclic) bond motifs is 4. The van der Waals surface area contributed by atoms with Gasteiger partial charge in [-0.05, 0) is 71.5 Å². The van der Waals surface area contributed by atoms with E-state index >= 15 is 4.39 Å². The van der Waals surface area contributed by atoms with Crippen LogP contribution in [0, 0.1) is 12.7 Å². The lowest BCUT2D eigenvalue weighted by Gasteiger charge is -2.47. The lowest BCUT2D eigenvalue weighted by atomic mass is 9.92. The van der Waals surface area contributed by atoms with E-state index < -0.39 is 41.4 Å². The fraction of sp³-hybridized carbons (Fsp3) is 0.514. The predicted molar refractivity (Wildman–Crippen MR) is 183 cm³/mol. The maximum atomic E-state index is 15.9. The summed E-state index contributed by atoms with van der Waals surface area (Å²) in [6.07, 6.45) is 1.44. The van der Waals surface area contributed by atoms with E-state index in [2.05, 4.69) is 15.3 Å². The minimum absolute atomic E-state index is 0.134. The fourth-order valence-corrected chi connectivity index (χ4v) is 6.72. The van der Waals surface area contributed by atoms with Crippen molar-refractivity contribution in [1.29, 1.82) is 0 Å². The molecule has 6 rings (SSSR count). The lowest BCUT2D eigenvalue weighted by Crippen LogP contribution is -2.61. The van der Waals surface area contributed by atoms with Crippen molar-refractivity contribution >= 4 is 52.2 Å². The van der Waals surface area contributed by atoms with Crippen molar-refractivity contribution in [3.63, 3.8) is 0 Å². The summed E-state index contributed by atoms with van der Waals surface area (Å²) in [5, 5.41) is 3.32. The standard InChI is InChI=1S/C35H41ClFN5O8/c1-18-24(14-39-30-29(18)41(8-9-47-30)32(44)49-34(2,3)4)23-10-19-11-26(38-15-25(19)27(36)28(23)37)40-31(43)48-22-12-20-16-46-17-21(13-22)42(20)33(45)50-35(5,6)7/h10-11,14-15,20-22H,8-9,12-13,16-17H2,1-7H3,(H,38,40,43).